The smallest absolute Gasteiger partial charge is 0.410 e. The number of ether oxygens (including phenoxy) is 3. The Hall–Kier alpha value is -1.98. The van der Waals surface area contributed by atoms with E-state index < -0.39 is 17.3 Å². The predicted octanol–water partition coefficient (Wildman–Crippen LogP) is 2.60. The van der Waals surface area contributed by atoms with E-state index in [1.165, 1.54) is 20.3 Å². The molecule has 0 aromatic heterocycles. The van der Waals surface area contributed by atoms with Crippen molar-refractivity contribution in [2.24, 2.45) is 5.73 Å². The highest BCUT2D eigenvalue weighted by molar-refractivity contribution is 5.70. The summed E-state index contributed by atoms with van der Waals surface area (Å²) < 4.78 is 29.4. The molecule has 0 aliphatic rings. The van der Waals surface area contributed by atoms with Gasteiger partial charge < -0.3 is 19.9 Å². The molecule has 0 fully saturated rings. The van der Waals surface area contributed by atoms with Crippen molar-refractivity contribution < 1.29 is 23.4 Å². The topological polar surface area (TPSA) is 70.8 Å². The molecular formula is C13H18FNO4. The molecule has 1 rings (SSSR count). The molecule has 5 nitrogen and oxygen atoms in total. The van der Waals surface area contributed by atoms with Crippen molar-refractivity contribution in [2.75, 3.05) is 14.2 Å². The number of carbonyl (C=O) groups excluding carboxylic acids is 1. The highest BCUT2D eigenvalue weighted by Crippen LogP contribution is 2.43. The quantitative estimate of drug-likeness (QED) is 0.917. The van der Waals surface area contributed by atoms with Crippen LogP contribution in [0.5, 0.6) is 17.2 Å². The molecular weight excluding hydrogens is 253 g/mol. The Morgan fingerprint density at radius 2 is 1.74 bits per heavy atom. The van der Waals surface area contributed by atoms with Gasteiger partial charge in [0.25, 0.3) is 0 Å². The molecule has 0 unspecified atom stereocenters. The van der Waals surface area contributed by atoms with Crippen molar-refractivity contribution in [1.82, 2.24) is 0 Å². The summed E-state index contributed by atoms with van der Waals surface area (Å²) in [5.41, 5.74) is 4.67. The Labute approximate surface area is 111 Å². The minimum absolute atomic E-state index is 0.0427. The van der Waals surface area contributed by atoms with Gasteiger partial charge in [-0.15, -0.1) is 0 Å². The second kappa shape index (κ2) is 5.34. The summed E-state index contributed by atoms with van der Waals surface area (Å²) in [5.74, 6) is -0.692. The van der Waals surface area contributed by atoms with Gasteiger partial charge in [0.2, 0.25) is 5.75 Å². The first-order valence-electron chi connectivity index (χ1n) is 5.64. The zero-order valence-corrected chi connectivity index (χ0v) is 11.7. The Kier molecular flexibility index (Phi) is 4.24. The van der Waals surface area contributed by atoms with E-state index in [4.69, 9.17) is 15.2 Å². The van der Waals surface area contributed by atoms with Crippen LogP contribution in [0.15, 0.2) is 6.07 Å². The zero-order valence-electron chi connectivity index (χ0n) is 11.7. The van der Waals surface area contributed by atoms with Gasteiger partial charge in [0.1, 0.15) is 5.75 Å². The number of carbonyl (C=O) groups is 1. The molecule has 0 bridgehead atoms. The van der Waals surface area contributed by atoms with Gasteiger partial charge in [0.05, 0.1) is 14.2 Å². The molecule has 106 valence electrons. The predicted molar refractivity (Wildman–Crippen MR) is 68.4 cm³/mol. The van der Waals surface area contributed by atoms with Gasteiger partial charge in [-0.3, -0.25) is 0 Å². The lowest BCUT2D eigenvalue weighted by molar-refractivity contribution is 0.205. The van der Waals surface area contributed by atoms with Crippen molar-refractivity contribution in [1.29, 1.82) is 0 Å². The number of rotatable bonds is 3. The van der Waals surface area contributed by atoms with E-state index in [2.05, 4.69) is 4.74 Å². The number of methoxy groups -OCH3 is 2. The minimum Gasteiger partial charge on any atom is -0.496 e. The van der Waals surface area contributed by atoms with Crippen molar-refractivity contribution in [2.45, 2.75) is 26.2 Å². The van der Waals surface area contributed by atoms with Crippen molar-refractivity contribution in [3.8, 4) is 17.2 Å². The minimum atomic E-state index is -1.11. The maximum absolute atomic E-state index is 14.5. The van der Waals surface area contributed by atoms with Crippen molar-refractivity contribution >= 4 is 6.09 Å². The summed E-state index contributed by atoms with van der Waals surface area (Å²) in [4.78, 5) is 10.9. The number of halogens is 1. The molecule has 0 aliphatic heterocycles. The molecule has 0 saturated carbocycles. The van der Waals surface area contributed by atoms with Crippen molar-refractivity contribution in [3.05, 3.63) is 17.4 Å². The van der Waals surface area contributed by atoms with Crippen LogP contribution >= 0.6 is 0 Å². The van der Waals surface area contributed by atoms with E-state index in [1.807, 2.05) is 20.8 Å². The zero-order chi connectivity index (χ0) is 14.8. The SMILES string of the molecule is COc1cc(OC)c(C(C)(C)C)c(F)c1OC(N)=O. The Morgan fingerprint density at radius 1 is 1.21 bits per heavy atom. The molecule has 1 amide bonds. The summed E-state index contributed by atoms with van der Waals surface area (Å²) >= 11 is 0. The lowest BCUT2D eigenvalue weighted by Crippen LogP contribution is -2.21. The van der Waals surface area contributed by atoms with Gasteiger partial charge in [0.15, 0.2) is 11.6 Å². The van der Waals surface area contributed by atoms with E-state index in [1.54, 1.807) is 0 Å². The second-order valence-electron chi connectivity index (χ2n) is 4.97. The molecule has 0 heterocycles. The van der Waals surface area contributed by atoms with Crippen LogP contribution in [0.1, 0.15) is 26.3 Å². The third kappa shape index (κ3) is 3.07. The molecule has 0 atom stereocenters. The van der Waals surface area contributed by atoms with Crippen LogP contribution in [0.4, 0.5) is 9.18 Å². The first kappa shape index (κ1) is 15.1. The molecule has 0 spiro atoms. The van der Waals surface area contributed by atoms with Crippen LogP contribution < -0.4 is 19.9 Å². The van der Waals surface area contributed by atoms with Gasteiger partial charge in [-0.25, -0.2) is 9.18 Å². The summed E-state index contributed by atoms with van der Waals surface area (Å²) in [6, 6.07) is 1.46. The summed E-state index contributed by atoms with van der Waals surface area (Å²) in [6.45, 7) is 5.44. The van der Waals surface area contributed by atoms with Crippen LogP contribution in [0.2, 0.25) is 0 Å². The van der Waals surface area contributed by atoms with Crippen LogP contribution in [0, 0.1) is 5.82 Å². The van der Waals surface area contributed by atoms with E-state index >= 15 is 0 Å². The number of nitrogens with two attached hydrogens (primary N) is 1. The van der Waals surface area contributed by atoms with Gasteiger partial charge in [-0.1, -0.05) is 20.8 Å². The maximum atomic E-state index is 14.5. The molecule has 19 heavy (non-hydrogen) atoms. The van der Waals surface area contributed by atoms with Crippen LogP contribution in [-0.4, -0.2) is 20.3 Å². The fraction of sp³-hybridized carbons (Fsp3) is 0.462. The Morgan fingerprint density at radius 3 is 2.11 bits per heavy atom. The van der Waals surface area contributed by atoms with Gasteiger partial charge in [-0.2, -0.15) is 0 Å². The number of hydrogen-bond acceptors (Lipinski definition) is 4. The third-order valence-electron chi connectivity index (χ3n) is 2.54. The highest BCUT2D eigenvalue weighted by atomic mass is 19.1. The molecule has 0 radical (unpaired) electrons. The molecule has 1 aromatic carbocycles. The average molecular weight is 271 g/mol. The van der Waals surface area contributed by atoms with Crippen LogP contribution in [0.3, 0.4) is 0 Å². The van der Waals surface area contributed by atoms with E-state index in [0.29, 0.717) is 5.75 Å². The Bertz CT molecular complexity index is 494. The summed E-state index contributed by atoms with van der Waals surface area (Å²) in [6.07, 6.45) is -1.11. The monoisotopic (exact) mass is 271 g/mol. The molecule has 2 N–H and O–H groups in total. The van der Waals surface area contributed by atoms with E-state index in [9.17, 15) is 9.18 Å². The van der Waals surface area contributed by atoms with Gasteiger partial charge in [0, 0.05) is 11.6 Å². The van der Waals surface area contributed by atoms with Crippen LogP contribution in [-0.2, 0) is 5.41 Å². The fourth-order valence-corrected chi connectivity index (χ4v) is 1.79. The summed E-state index contributed by atoms with van der Waals surface area (Å²) in [7, 11) is 2.76. The number of hydrogen-bond donors (Lipinski definition) is 1. The number of benzene rings is 1. The number of primary amides is 1. The molecule has 1 aromatic rings. The van der Waals surface area contributed by atoms with Crippen LogP contribution in [0.25, 0.3) is 0 Å². The van der Waals surface area contributed by atoms with E-state index in [0.717, 1.165) is 0 Å². The van der Waals surface area contributed by atoms with E-state index in [-0.39, 0.29) is 17.1 Å². The lowest BCUT2D eigenvalue weighted by Gasteiger charge is -2.24. The molecule has 6 heteroatoms. The maximum Gasteiger partial charge on any atom is 0.410 e. The molecule has 0 aliphatic carbocycles. The second-order valence-corrected chi connectivity index (χ2v) is 4.97. The molecule has 0 saturated heterocycles. The average Bonchev–Trinajstić information content (AvgIpc) is 2.28. The standard InChI is InChI=1S/C13H18FNO4/c1-13(2,3)9-7(17-4)6-8(18-5)11(10(9)14)19-12(15)16/h6H,1-5H3,(H2,15,16). The largest absolute Gasteiger partial charge is 0.496 e. The lowest BCUT2D eigenvalue weighted by atomic mass is 9.85. The highest BCUT2D eigenvalue weighted by Gasteiger charge is 2.29. The Balaban J connectivity index is 3.59. The third-order valence-corrected chi connectivity index (χ3v) is 2.54. The summed E-state index contributed by atoms with van der Waals surface area (Å²) in [5, 5.41) is 0. The van der Waals surface area contributed by atoms with Gasteiger partial charge >= 0.3 is 6.09 Å². The van der Waals surface area contributed by atoms with Gasteiger partial charge in [-0.05, 0) is 5.41 Å². The van der Waals surface area contributed by atoms with Crippen molar-refractivity contribution in [3.63, 3.8) is 0 Å². The normalized spacial score (nSPS) is 11.1. The number of amides is 1. The fourth-order valence-electron chi connectivity index (χ4n) is 1.79. The first-order valence-corrected chi connectivity index (χ1v) is 5.64. The first-order chi connectivity index (χ1) is 8.72.